The fraction of sp³-hybridized carbons (Fsp3) is 0.0800. The van der Waals surface area contributed by atoms with Crippen molar-refractivity contribution >= 4 is 28.4 Å². The van der Waals surface area contributed by atoms with Crippen molar-refractivity contribution in [3.8, 4) is 11.3 Å². The fourth-order valence-electron chi connectivity index (χ4n) is 3.59. The van der Waals surface area contributed by atoms with E-state index in [1.54, 1.807) is 0 Å². The summed E-state index contributed by atoms with van der Waals surface area (Å²) in [5.74, 6) is 0.775. The summed E-state index contributed by atoms with van der Waals surface area (Å²) in [7, 11) is 0. The summed E-state index contributed by atoms with van der Waals surface area (Å²) < 4.78 is 5.74. The van der Waals surface area contributed by atoms with Crippen molar-refractivity contribution in [2.75, 3.05) is 5.75 Å². The topological polar surface area (TPSA) is 71.8 Å². The Morgan fingerprint density at radius 1 is 0.871 bits per heavy atom. The predicted octanol–water partition coefficient (Wildman–Crippen LogP) is 5.78. The Morgan fingerprint density at radius 3 is 2.39 bits per heavy atom. The third-order valence-corrected chi connectivity index (χ3v) is 5.84. The number of fused-ring (bicyclic) bond motifs is 1. The normalized spacial score (nSPS) is 11.1. The monoisotopic (exact) mass is 425 g/mol. The molecule has 5 rings (SSSR count). The van der Waals surface area contributed by atoms with Gasteiger partial charge in [0, 0.05) is 10.9 Å². The van der Waals surface area contributed by atoms with Crippen LogP contribution in [0.3, 0.4) is 0 Å². The molecule has 6 heteroatoms. The van der Waals surface area contributed by atoms with Crippen LogP contribution in [0.15, 0.2) is 94.6 Å². The number of hydrogen-bond donors (Lipinski definition) is 1. The van der Waals surface area contributed by atoms with Gasteiger partial charge in [-0.1, -0.05) is 90.6 Å². The molecule has 3 aromatic carbocycles. The molecular formula is C25H19N3O2S. The third-order valence-electron chi connectivity index (χ3n) is 5.02. The molecule has 31 heavy (non-hydrogen) atoms. The van der Waals surface area contributed by atoms with Crippen molar-refractivity contribution in [3.63, 3.8) is 0 Å². The number of ketones is 1. The summed E-state index contributed by atoms with van der Waals surface area (Å²) in [5.41, 5.74) is 4.55. The number of nitrogens with zero attached hydrogens (tertiary/aromatic N) is 2. The number of aromatic nitrogens is 3. The van der Waals surface area contributed by atoms with Gasteiger partial charge in [0.15, 0.2) is 5.78 Å². The van der Waals surface area contributed by atoms with Crippen molar-refractivity contribution in [3.05, 3.63) is 102 Å². The molecule has 0 fully saturated rings. The Morgan fingerprint density at radius 2 is 1.58 bits per heavy atom. The number of aromatic amines is 1. The van der Waals surface area contributed by atoms with Crippen molar-refractivity contribution in [2.45, 2.75) is 11.6 Å². The number of thioether (sulfide) groups is 1. The first-order valence-electron chi connectivity index (χ1n) is 9.96. The van der Waals surface area contributed by atoms with Crippen molar-refractivity contribution < 1.29 is 9.21 Å². The molecule has 1 N–H and O–H groups in total. The Labute approximate surface area is 183 Å². The molecule has 0 unspecified atom stereocenters. The van der Waals surface area contributed by atoms with E-state index in [9.17, 15) is 4.79 Å². The second-order valence-corrected chi connectivity index (χ2v) is 8.05. The average molecular weight is 426 g/mol. The minimum atomic E-state index is 0.0177. The maximum Gasteiger partial charge on any atom is 0.277 e. The van der Waals surface area contributed by atoms with Crippen LogP contribution in [-0.4, -0.2) is 26.7 Å². The van der Waals surface area contributed by atoms with Crippen LogP contribution in [0, 0.1) is 0 Å². The summed E-state index contributed by atoms with van der Waals surface area (Å²) >= 11 is 1.27. The Balaban J connectivity index is 1.37. The molecule has 0 atom stereocenters. The van der Waals surface area contributed by atoms with E-state index in [0.29, 0.717) is 23.1 Å². The van der Waals surface area contributed by atoms with Crippen LogP contribution in [0.2, 0.25) is 0 Å². The van der Waals surface area contributed by atoms with Gasteiger partial charge in [-0.3, -0.25) is 4.79 Å². The highest BCUT2D eigenvalue weighted by molar-refractivity contribution is 7.99. The highest BCUT2D eigenvalue weighted by atomic mass is 32.2. The largest absolute Gasteiger partial charge is 0.416 e. The Bertz CT molecular complexity index is 1330. The molecule has 0 aliphatic heterocycles. The maximum absolute atomic E-state index is 13.3. The molecular weight excluding hydrogens is 406 g/mol. The zero-order chi connectivity index (χ0) is 21.0. The van der Waals surface area contributed by atoms with Gasteiger partial charge < -0.3 is 9.40 Å². The second kappa shape index (κ2) is 8.62. The minimum Gasteiger partial charge on any atom is -0.416 e. The lowest BCUT2D eigenvalue weighted by Gasteiger charge is -2.04. The van der Waals surface area contributed by atoms with Gasteiger partial charge in [0.25, 0.3) is 5.22 Å². The summed E-state index contributed by atoms with van der Waals surface area (Å²) in [5, 5.41) is 9.53. The number of nitrogens with one attached hydrogen (secondary N) is 1. The summed E-state index contributed by atoms with van der Waals surface area (Å²) in [4.78, 5) is 16.7. The van der Waals surface area contributed by atoms with Gasteiger partial charge in [0.05, 0.1) is 23.4 Å². The Kier molecular flexibility index (Phi) is 5.37. The van der Waals surface area contributed by atoms with Crippen LogP contribution in [0.4, 0.5) is 0 Å². The van der Waals surface area contributed by atoms with E-state index in [2.05, 4.69) is 15.2 Å². The number of H-pyrrole nitrogens is 1. The molecule has 0 bridgehead atoms. The number of Topliss-reactive ketones (excluding diaryl/α,β-unsaturated/α-hetero) is 1. The minimum absolute atomic E-state index is 0.0177. The van der Waals surface area contributed by atoms with Crippen molar-refractivity contribution in [2.24, 2.45) is 0 Å². The van der Waals surface area contributed by atoms with E-state index in [0.717, 1.165) is 27.7 Å². The highest BCUT2D eigenvalue weighted by Crippen LogP contribution is 2.32. The summed E-state index contributed by atoms with van der Waals surface area (Å²) in [6, 6.07) is 27.7. The molecule has 0 spiro atoms. The third kappa shape index (κ3) is 4.15. The van der Waals surface area contributed by atoms with Crippen molar-refractivity contribution in [1.29, 1.82) is 0 Å². The van der Waals surface area contributed by atoms with Crippen LogP contribution >= 0.6 is 11.8 Å². The summed E-state index contributed by atoms with van der Waals surface area (Å²) in [6.45, 7) is 0. The van der Waals surface area contributed by atoms with Gasteiger partial charge in [-0.2, -0.15) is 0 Å². The molecule has 0 radical (unpaired) electrons. The van der Waals surface area contributed by atoms with Crippen LogP contribution in [-0.2, 0) is 6.42 Å². The lowest BCUT2D eigenvalue weighted by molar-refractivity contribution is 0.102. The first-order valence-corrected chi connectivity index (χ1v) is 10.9. The van der Waals surface area contributed by atoms with Gasteiger partial charge in [0.2, 0.25) is 5.89 Å². The van der Waals surface area contributed by atoms with Gasteiger partial charge in [0.1, 0.15) is 0 Å². The van der Waals surface area contributed by atoms with E-state index in [-0.39, 0.29) is 11.5 Å². The molecule has 0 aliphatic rings. The maximum atomic E-state index is 13.3. The fourth-order valence-corrected chi connectivity index (χ4v) is 4.24. The molecule has 2 aromatic heterocycles. The standard InChI is InChI=1S/C25H19N3O2S/c29-21(16-31-25-28-27-22(30-25)15-17-9-3-1-4-10-17)23-19-13-7-8-14-20(19)26-24(23)18-11-5-2-6-12-18/h1-14,26H,15-16H2. The van der Waals surface area contributed by atoms with Crippen LogP contribution in [0.1, 0.15) is 21.8 Å². The molecule has 0 amide bonds. The SMILES string of the molecule is O=C(CSc1nnc(Cc2ccccc2)o1)c1c(-c2ccccc2)[nH]c2ccccc12. The van der Waals surface area contributed by atoms with Gasteiger partial charge in [-0.05, 0) is 17.2 Å². The Hall–Kier alpha value is -3.64. The first-order chi connectivity index (χ1) is 15.3. The van der Waals surface area contributed by atoms with Crippen LogP contribution in [0.5, 0.6) is 0 Å². The van der Waals surface area contributed by atoms with E-state index in [1.807, 2.05) is 84.9 Å². The number of para-hydroxylation sites is 1. The van der Waals surface area contributed by atoms with E-state index in [1.165, 1.54) is 11.8 Å². The predicted molar refractivity (Wildman–Crippen MR) is 122 cm³/mol. The molecule has 2 heterocycles. The average Bonchev–Trinajstić information content (AvgIpc) is 3.43. The van der Waals surface area contributed by atoms with Gasteiger partial charge in [-0.15, -0.1) is 10.2 Å². The molecule has 152 valence electrons. The quantitative estimate of drug-likeness (QED) is 0.264. The number of carbonyl (C=O) groups excluding carboxylic acids is 1. The lowest BCUT2D eigenvalue weighted by Crippen LogP contribution is -2.03. The number of carbonyl (C=O) groups is 1. The molecule has 0 saturated heterocycles. The summed E-state index contributed by atoms with van der Waals surface area (Å²) in [6.07, 6.45) is 0.572. The smallest absolute Gasteiger partial charge is 0.277 e. The number of hydrogen-bond acceptors (Lipinski definition) is 5. The van der Waals surface area contributed by atoms with Crippen LogP contribution in [0.25, 0.3) is 22.2 Å². The highest BCUT2D eigenvalue weighted by Gasteiger charge is 2.20. The molecule has 5 aromatic rings. The number of benzene rings is 3. The van der Waals surface area contributed by atoms with E-state index >= 15 is 0 Å². The molecule has 0 saturated carbocycles. The molecule has 5 nitrogen and oxygen atoms in total. The number of rotatable bonds is 7. The zero-order valence-corrected chi connectivity index (χ0v) is 17.4. The van der Waals surface area contributed by atoms with E-state index < -0.39 is 0 Å². The first kappa shape index (κ1) is 19.3. The van der Waals surface area contributed by atoms with Crippen molar-refractivity contribution in [1.82, 2.24) is 15.2 Å². The zero-order valence-electron chi connectivity index (χ0n) is 16.6. The van der Waals surface area contributed by atoms with Gasteiger partial charge in [-0.25, -0.2) is 0 Å². The van der Waals surface area contributed by atoms with Crippen LogP contribution < -0.4 is 0 Å². The second-order valence-electron chi connectivity index (χ2n) is 7.12. The van der Waals surface area contributed by atoms with E-state index in [4.69, 9.17) is 4.42 Å². The molecule has 0 aliphatic carbocycles. The van der Waals surface area contributed by atoms with Gasteiger partial charge >= 0.3 is 0 Å². The lowest BCUT2D eigenvalue weighted by atomic mass is 10.0.